The van der Waals surface area contributed by atoms with Gasteiger partial charge >= 0.3 is 0 Å². The molecule has 0 bridgehead atoms. The van der Waals surface area contributed by atoms with Crippen LogP contribution >= 0.6 is 0 Å². The van der Waals surface area contributed by atoms with E-state index in [9.17, 15) is 9.59 Å². The van der Waals surface area contributed by atoms with Gasteiger partial charge in [0.25, 0.3) is 11.8 Å². The molecular formula is C18H25N3O4. The Labute approximate surface area is 147 Å². The van der Waals surface area contributed by atoms with E-state index in [1.54, 1.807) is 18.2 Å². The molecule has 2 aliphatic rings. The third kappa shape index (κ3) is 4.04. The van der Waals surface area contributed by atoms with Crippen molar-refractivity contribution in [2.75, 3.05) is 39.9 Å². The number of benzene rings is 1. The van der Waals surface area contributed by atoms with Crippen LogP contribution in [0.1, 0.15) is 23.2 Å². The highest BCUT2D eigenvalue weighted by Crippen LogP contribution is 2.30. The number of ether oxygens (including phenoxy) is 2. The van der Waals surface area contributed by atoms with Crippen molar-refractivity contribution in [3.05, 3.63) is 23.8 Å². The van der Waals surface area contributed by atoms with E-state index in [-0.39, 0.29) is 12.5 Å². The van der Waals surface area contributed by atoms with Crippen LogP contribution in [0.5, 0.6) is 11.5 Å². The lowest BCUT2D eigenvalue weighted by Gasteiger charge is -2.21. The van der Waals surface area contributed by atoms with Gasteiger partial charge in [0.15, 0.2) is 18.1 Å². The first-order valence-corrected chi connectivity index (χ1v) is 8.67. The quantitative estimate of drug-likeness (QED) is 0.815. The second-order valence-electron chi connectivity index (χ2n) is 6.67. The molecule has 3 rings (SSSR count). The number of carbonyl (C=O) groups excluding carboxylic acids is 2. The summed E-state index contributed by atoms with van der Waals surface area (Å²) < 4.78 is 10.6. The minimum Gasteiger partial charge on any atom is -0.493 e. The van der Waals surface area contributed by atoms with Crippen molar-refractivity contribution in [3.8, 4) is 11.5 Å². The molecule has 1 aromatic rings. The maximum atomic E-state index is 12.9. The summed E-state index contributed by atoms with van der Waals surface area (Å²) in [5.41, 5.74) is 5.65. The summed E-state index contributed by atoms with van der Waals surface area (Å²) in [5.74, 6) is 1.62. The van der Waals surface area contributed by atoms with E-state index in [1.165, 1.54) is 7.11 Å². The number of nitrogens with two attached hydrogens (primary N) is 1. The first kappa shape index (κ1) is 17.5. The molecule has 7 heteroatoms. The van der Waals surface area contributed by atoms with Gasteiger partial charge in [-0.2, -0.15) is 0 Å². The van der Waals surface area contributed by atoms with Crippen molar-refractivity contribution < 1.29 is 19.1 Å². The number of rotatable bonds is 5. The van der Waals surface area contributed by atoms with E-state index in [0.717, 1.165) is 39.0 Å². The summed E-state index contributed by atoms with van der Waals surface area (Å²) in [6, 6.07) is 5.01. The van der Waals surface area contributed by atoms with Gasteiger partial charge in [0, 0.05) is 18.7 Å². The van der Waals surface area contributed by atoms with Crippen molar-refractivity contribution in [1.82, 2.24) is 10.2 Å². The molecule has 25 heavy (non-hydrogen) atoms. The Morgan fingerprint density at radius 2 is 1.88 bits per heavy atom. The van der Waals surface area contributed by atoms with Crippen LogP contribution in [-0.2, 0) is 4.79 Å². The summed E-state index contributed by atoms with van der Waals surface area (Å²) in [5, 5.41) is 3.44. The third-order valence-corrected chi connectivity index (χ3v) is 5.09. The standard InChI is InChI=1S/C18H25N3O4/c1-24-16-8-12(2-3-15(16)25-11-17(19)22)18(23)21-6-4-13-9-20-10-14(13)5-7-21/h2-3,8,13-14,20H,4-7,9-11H2,1H3,(H2,19,22)/t13-,14+. The van der Waals surface area contributed by atoms with Crippen LogP contribution in [0.2, 0.25) is 0 Å². The topological polar surface area (TPSA) is 93.9 Å². The molecule has 2 amide bonds. The van der Waals surface area contributed by atoms with Crippen molar-refractivity contribution in [2.45, 2.75) is 12.8 Å². The van der Waals surface area contributed by atoms with Gasteiger partial charge in [-0.25, -0.2) is 0 Å². The fourth-order valence-electron chi connectivity index (χ4n) is 3.67. The SMILES string of the molecule is COc1cc(C(=O)N2CC[C@@H]3CNC[C@@H]3CC2)ccc1OCC(N)=O. The number of amides is 2. The normalized spacial score (nSPS) is 22.8. The van der Waals surface area contributed by atoms with Gasteiger partial charge < -0.3 is 25.4 Å². The van der Waals surface area contributed by atoms with E-state index in [2.05, 4.69) is 5.32 Å². The molecule has 0 aliphatic carbocycles. The van der Waals surface area contributed by atoms with E-state index >= 15 is 0 Å². The molecule has 7 nitrogen and oxygen atoms in total. The van der Waals surface area contributed by atoms with Gasteiger partial charge in [-0.1, -0.05) is 0 Å². The smallest absolute Gasteiger partial charge is 0.255 e. The van der Waals surface area contributed by atoms with E-state index in [4.69, 9.17) is 15.2 Å². The molecule has 0 aromatic heterocycles. The molecule has 0 spiro atoms. The lowest BCUT2D eigenvalue weighted by atomic mass is 9.92. The van der Waals surface area contributed by atoms with Gasteiger partial charge in [-0.15, -0.1) is 0 Å². The maximum Gasteiger partial charge on any atom is 0.255 e. The monoisotopic (exact) mass is 347 g/mol. The Morgan fingerprint density at radius 3 is 2.48 bits per heavy atom. The number of fused-ring (bicyclic) bond motifs is 1. The summed E-state index contributed by atoms with van der Waals surface area (Å²) in [6.07, 6.45) is 2.08. The second-order valence-corrected chi connectivity index (χ2v) is 6.67. The van der Waals surface area contributed by atoms with Crippen LogP contribution in [0.3, 0.4) is 0 Å². The molecular weight excluding hydrogens is 322 g/mol. The number of likely N-dealkylation sites (tertiary alicyclic amines) is 1. The molecule has 2 aliphatic heterocycles. The van der Waals surface area contributed by atoms with Gasteiger partial charge in [-0.05, 0) is 56.0 Å². The van der Waals surface area contributed by atoms with E-state index in [1.807, 2.05) is 4.90 Å². The third-order valence-electron chi connectivity index (χ3n) is 5.09. The van der Waals surface area contributed by atoms with Crippen molar-refractivity contribution in [1.29, 1.82) is 0 Å². The lowest BCUT2D eigenvalue weighted by molar-refractivity contribution is -0.119. The zero-order valence-electron chi connectivity index (χ0n) is 14.5. The molecule has 1 aromatic carbocycles. The van der Waals surface area contributed by atoms with Crippen LogP contribution in [0.15, 0.2) is 18.2 Å². The van der Waals surface area contributed by atoms with Crippen LogP contribution in [0.4, 0.5) is 0 Å². The average molecular weight is 347 g/mol. The minimum atomic E-state index is -0.563. The van der Waals surface area contributed by atoms with Gasteiger partial charge in [0.05, 0.1) is 7.11 Å². The van der Waals surface area contributed by atoms with E-state index < -0.39 is 5.91 Å². The highest BCUT2D eigenvalue weighted by Gasteiger charge is 2.31. The van der Waals surface area contributed by atoms with Crippen molar-refractivity contribution >= 4 is 11.8 Å². The van der Waals surface area contributed by atoms with Crippen LogP contribution in [0, 0.1) is 11.8 Å². The number of methoxy groups -OCH3 is 1. The largest absolute Gasteiger partial charge is 0.493 e. The number of primary amides is 1. The second kappa shape index (κ2) is 7.74. The molecule has 2 heterocycles. The summed E-state index contributed by atoms with van der Waals surface area (Å²) in [4.78, 5) is 25.6. The Morgan fingerprint density at radius 1 is 1.20 bits per heavy atom. The fourth-order valence-corrected chi connectivity index (χ4v) is 3.67. The average Bonchev–Trinajstić information content (AvgIpc) is 2.97. The molecule has 3 N–H and O–H groups in total. The van der Waals surface area contributed by atoms with Gasteiger partial charge in [0.1, 0.15) is 0 Å². The lowest BCUT2D eigenvalue weighted by Crippen LogP contribution is -2.32. The number of nitrogens with zero attached hydrogens (tertiary/aromatic N) is 1. The zero-order valence-corrected chi connectivity index (χ0v) is 14.5. The Hall–Kier alpha value is -2.28. The number of carbonyl (C=O) groups is 2. The minimum absolute atomic E-state index is 0.00711. The number of hydrogen-bond donors (Lipinski definition) is 2. The molecule has 2 saturated heterocycles. The summed E-state index contributed by atoms with van der Waals surface area (Å²) in [6.45, 7) is 3.46. The number of hydrogen-bond acceptors (Lipinski definition) is 5. The Bertz CT molecular complexity index is 635. The molecule has 0 radical (unpaired) electrons. The Balaban J connectivity index is 1.70. The zero-order chi connectivity index (χ0) is 17.8. The summed E-state index contributed by atoms with van der Waals surface area (Å²) in [7, 11) is 1.50. The van der Waals surface area contributed by atoms with Crippen LogP contribution in [-0.4, -0.2) is 56.6 Å². The van der Waals surface area contributed by atoms with Gasteiger partial charge in [0.2, 0.25) is 0 Å². The Kier molecular flexibility index (Phi) is 5.43. The maximum absolute atomic E-state index is 12.9. The molecule has 0 unspecified atom stereocenters. The predicted octanol–water partition coefficient (Wildman–Crippen LogP) is 0.631. The first-order chi connectivity index (χ1) is 12.1. The van der Waals surface area contributed by atoms with Crippen LogP contribution < -0.4 is 20.5 Å². The highest BCUT2D eigenvalue weighted by molar-refractivity contribution is 5.95. The highest BCUT2D eigenvalue weighted by atomic mass is 16.5. The van der Waals surface area contributed by atoms with E-state index in [0.29, 0.717) is 28.9 Å². The molecule has 136 valence electrons. The molecule has 0 saturated carbocycles. The molecule has 2 atom stereocenters. The van der Waals surface area contributed by atoms with Crippen molar-refractivity contribution in [2.24, 2.45) is 17.6 Å². The predicted molar refractivity (Wildman–Crippen MR) is 92.7 cm³/mol. The fraction of sp³-hybridized carbons (Fsp3) is 0.556. The number of nitrogens with one attached hydrogen (secondary N) is 1. The first-order valence-electron chi connectivity index (χ1n) is 8.67. The van der Waals surface area contributed by atoms with Crippen molar-refractivity contribution in [3.63, 3.8) is 0 Å². The van der Waals surface area contributed by atoms with Crippen LogP contribution in [0.25, 0.3) is 0 Å². The summed E-state index contributed by atoms with van der Waals surface area (Å²) >= 11 is 0. The molecule has 2 fully saturated rings. The van der Waals surface area contributed by atoms with Gasteiger partial charge in [-0.3, -0.25) is 9.59 Å².